The average molecular weight is 370 g/mol. The van der Waals surface area contributed by atoms with Crippen molar-refractivity contribution in [3.8, 4) is 0 Å². The van der Waals surface area contributed by atoms with Gasteiger partial charge in [-0.3, -0.25) is 4.90 Å². The Bertz CT molecular complexity index is 701. The van der Waals surface area contributed by atoms with Gasteiger partial charge in [0.2, 0.25) is 0 Å². The molecule has 0 aliphatic carbocycles. The normalized spacial score (nSPS) is 16.7. The summed E-state index contributed by atoms with van der Waals surface area (Å²) in [4.78, 5) is 14.5. The molecule has 1 aromatic carbocycles. The number of rotatable bonds is 9. The molecule has 6 heteroatoms. The molecule has 1 unspecified atom stereocenters. The summed E-state index contributed by atoms with van der Waals surface area (Å²) >= 11 is 0. The first-order valence-corrected chi connectivity index (χ1v) is 9.77. The van der Waals surface area contributed by atoms with Crippen LogP contribution in [0.15, 0.2) is 48.7 Å². The smallest absolute Gasteiger partial charge is 0.314 e. The lowest BCUT2D eigenvalue weighted by Crippen LogP contribution is -2.50. The second-order valence-electron chi connectivity index (χ2n) is 6.88. The minimum absolute atomic E-state index is 0.107. The van der Waals surface area contributed by atoms with Crippen molar-refractivity contribution in [1.29, 1.82) is 0 Å². The van der Waals surface area contributed by atoms with Crippen molar-refractivity contribution in [2.75, 3.05) is 26.3 Å². The van der Waals surface area contributed by atoms with Crippen LogP contribution in [0.2, 0.25) is 0 Å². The molecule has 6 nitrogen and oxygen atoms in total. The van der Waals surface area contributed by atoms with Crippen LogP contribution in [-0.2, 0) is 24.4 Å². The number of hydrogen-bond donors (Lipinski definition) is 2. The summed E-state index contributed by atoms with van der Waals surface area (Å²) in [6.07, 6.45) is 2.95. The largest absolute Gasteiger partial charge is 0.382 e. The monoisotopic (exact) mass is 370 g/mol. The zero-order valence-electron chi connectivity index (χ0n) is 16.1. The van der Waals surface area contributed by atoms with Crippen molar-refractivity contribution >= 4 is 6.03 Å². The lowest BCUT2D eigenvalue weighted by Gasteiger charge is -2.37. The maximum Gasteiger partial charge on any atom is 0.314 e. The summed E-state index contributed by atoms with van der Waals surface area (Å²) in [6.45, 7) is 7.29. The molecular formula is C21H30N4O2. The number of aromatic nitrogens is 1. The fourth-order valence-corrected chi connectivity index (χ4v) is 3.44. The molecule has 2 N–H and O–H groups in total. The summed E-state index contributed by atoms with van der Waals surface area (Å²) in [5.74, 6) is 0. The summed E-state index contributed by atoms with van der Waals surface area (Å²) in [7, 11) is 0. The molecule has 146 valence electrons. The maximum atomic E-state index is 12.1. The average Bonchev–Trinajstić information content (AvgIpc) is 3.14. The van der Waals surface area contributed by atoms with Crippen molar-refractivity contribution in [2.24, 2.45) is 0 Å². The predicted octanol–water partition coefficient (Wildman–Crippen LogP) is 2.60. The lowest BCUT2D eigenvalue weighted by atomic mass is 10.1. The highest BCUT2D eigenvalue weighted by Crippen LogP contribution is 2.20. The van der Waals surface area contributed by atoms with Crippen LogP contribution in [0.1, 0.15) is 24.6 Å². The van der Waals surface area contributed by atoms with E-state index in [-0.39, 0.29) is 12.1 Å². The van der Waals surface area contributed by atoms with Crippen LogP contribution in [0.3, 0.4) is 0 Å². The topological polar surface area (TPSA) is 58.5 Å². The Balaban J connectivity index is 1.52. The van der Waals surface area contributed by atoms with Gasteiger partial charge in [0.25, 0.3) is 0 Å². The van der Waals surface area contributed by atoms with Crippen LogP contribution in [0.25, 0.3) is 0 Å². The van der Waals surface area contributed by atoms with Crippen molar-refractivity contribution < 1.29 is 9.53 Å². The van der Waals surface area contributed by atoms with E-state index >= 15 is 0 Å². The zero-order chi connectivity index (χ0) is 18.9. The third-order valence-corrected chi connectivity index (χ3v) is 4.89. The van der Waals surface area contributed by atoms with E-state index in [4.69, 9.17) is 4.74 Å². The molecule has 1 aromatic heterocycles. The van der Waals surface area contributed by atoms with Crippen molar-refractivity contribution in [1.82, 2.24) is 20.1 Å². The quantitative estimate of drug-likeness (QED) is 0.667. The van der Waals surface area contributed by atoms with E-state index in [2.05, 4.69) is 62.7 Å². The summed E-state index contributed by atoms with van der Waals surface area (Å²) in [6, 6.07) is 14.9. The van der Waals surface area contributed by atoms with Gasteiger partial charge in [-0.15, -0.1) is 0 Å². The molecule has 3 rings (SSSR count). The summed E-state index contributed by atoms with van der Waals surface area (Å²) < 4.78 is 7.57. The van der Waals surface area contributed by atoms with Gasteiger partial charge in [0, 0.05) is 63.9 Å². The summed E-state index contributed by atoms with van der Waals surface area (Å²) in [5.41, 5.74) is 2.62. The molecule has 2 aromatic rings. The molecule has 0 radical (unpaired) electrons. The molecule has 27 heavy (non-hydrogen) atoms. The molecule has 1 atom stereocenters. The number of carbonyl (C=O) groups is 1. The highest BCUT2D eigenvalue weighted by atomic mass is 16.5. The van der Waals surface area contributed by atoms with E-state index in [9.17, 15) is 4.79 Å². The molecule has 1 aliphatic heterocycles. The highest BCUT2D eigenvalue weighted by molar-refractivity contribution is 5.73. The lowest BCUT2D eigenvalue weighted by molar-refractivity contribution is 0.129. The van der Waals surface area contributed by atoms with Gasteiger partial charge in [0.1, 0.15) is 0 Å². The Morgan fingerprint density at radius 1 is 1.19 bits per heavy atom. The number of fused-ring (bicyclic) bond motifs is 1. The van der Waals surface area contributed by atoms with Gasteiger partial charge in [-0.2, -0.15) is 0 Å². The van der Waals surface area contributed by atoms with E-state index < -0.39 is 0 Å². The van der Waals surface area contributed by atoms with Gasteiger partial charge < -0.3 is 19.9 Å². The first-order chi connectivity index (χ1) is 13.3. The number of nitrogens with zero attached hydrogens (tertiary/aromatic N) is 2. The van der Waals surface area contributed by atoms with Crippen LogP contribution in [0.4, 0.5) is 4.79 Å². The van der Waals surface area contributed by atoms with E-state index in [0.717, 1.165) is 26.1 Å². The Morgan fingerprint density at radius 2 is 2.04 bits per heavy atom. The predicted molar refractivity (Wildman–Crippen MR) is 106 cm³/mol. The molecule has 0 fully saturated rings. The maximum absolute atomic E-state index is 12.1. The molecule has 0 saturated heterocycles. The zero-order valence-corrected chi connectivity index (χ0v) is 16.1. The van der Waals surface area contributed by atoms with Gasteiger partial charge in [0.15, 0.2) is 0 Å². The van der Waals surface area contributed by atoms with E-state index in [1.807, 2.05) is 13.0 Å². The van der Waals surface area contributed by atoms with Crippen LogP contribution in [0, 0.1) is 0 Å². The number of amides is 2. The van der Waals surface area contributed by atoms with Crippen LogP contribution < -0.4 is 10.6 Å². The highest BCUT2D eigenvalue weighted by Gasteiger charge is 2.26. The van der Waals surface area contributed by atoms with Gasteiger partial charge in [-0.05, 0) is 31.0 Å². The van der Waals surface area contributed by atoms with E-state index in [1.54, 1.807) is 0 Å². The number of benzene rings is 1. The molecule has 0 bridgehead atoms. The number of nitrogens with one attached hydrogen (secondary N) is 2. The van der Waals surface area contributed by atoms with Gasteiger partial charge in [-0.25, -0.2) is 4.79 Å². The third kappa shape index (κ3) is 5.84. The molecule has 1 aliphatic rings. The third-order valence-electron chi connectivity index (χ3n) is 4.89. The Labute approximate surface area is 161 Å². The van der Waals surface area contributed by atoms with E-state index in [0.29, 0.717) is 26.3 Å². The van der Waals surface area contributed by atoms with Crippen LogP contribution in [0.5, 0.6) is 0 Å². The van der Waals surface area contributed by atoms with Crippen molar-refractivity contribution in [3.63, 3.8) is 0 Å². The SMILES string of the molecule is CCOCCCNC(=O)NCC1Cn2cccc2CN1Cc1ccccc1. The minimum Gasteiger partial charge on any atom is -0.382 e. The van der Waals surface area contributed by atoms with E-state index in [1.165, 1.54) is 11.3 Å². The summed E-state index contributed by atoms with van der Waals surface area (Å²) in [5, 5.41) is 5.94. The van der Waals surface area contributed by atoms with Crippen molar-refractivity contribution in [2.45, 2.75) is 39.0 Å². The Morgan fingerprint density at radius 3 is 2.85 bits per heavy atom. The minimum atomic E-state index is -0.107. The molecule has 2 heterocycles. The Kier molecular flexibility index (Phi) is 7.30. The number of hydrogen-bond acceptors (Lipinski definition) is 3. The standard InChI is InChI=1S/C21H30N4O2/c1-2-27-13-7-11-22-21(26)23-14-20-17-24-12-6-10-19(24)16-25(20)15-18-8-4-3-5-9-18/h3-6,8-10,12,20H,2,7,11,13-17H2,1H3,(H2,22,23,26). The molecule has 0 spiro atoms. The van der Waals surface area contributed by atoms with Crippen molar-refractivity contribution in [3.05, 3.63) is 59.9 Å². The fourth-order valence-electron chi connectivity index (χ4n) is 3.44. The fraction of sp³-hybridized carbons (Fsp3) is 0.476. The van der Waals surface area contributed by atoms with Gasteiger partial charge in [-0.1, -0.05) is 30.3 Å². The van der Waals surface area contributed by atoms with Crippen LogP contribution in [-0.4, -0.2) is 47.8 Å². The van der Waals surface area contributed by atoms with Gasteiger partial charge in [0.05, 0.1) is 0 Å². The molecular weight excluding hydrogens is 340 g/mol. The number of carbonyl (C=O) groups excluding carboxylic acids is 1. The Hall–Kier alpha value is -2.31. The molecule has 0 saturated carbocycles. The second kappa shape index (κ2) is 10.1. The number of ether oxygens (including phenoxy) is 1. The van der Waals surface area contributed by atoms with Crippen LogP contribution >= 0.6 is 0 Å². The second-order valence-corrected chi connectivity index (χ2v) is 6.88. The first-order valence-electron chi connectivity index (χ1n) is 9.77. The van der Waals surface area contributed by atoms with Gasteiger partial charge >= 0.3 is 6.03 Å². The number of urea groups is 1. The molecule has 2 amide bonds. The first kappa shape index (κ1) is 19.5.